The van der Waals surface area contributed by atoms with E-state index in [0.29, 0.717) is 10.0 Å². The summed E-state index contributed by atoms with van der Waals surface area (Å²) in [6.45, 7) is 0. The highest BCUT2D eigenvalue weighted by Gasteiger charge is 2.03. The minimum Gasteiger partial charge on any atom is -0.341 e. The maximum atomic E-state index is 10.3. The number of non-ortho nitro benzene ring substituents is 1. The molecule has 0 saturated heterocycles. The summed E-state index contributed by atoms with van der Waals surface area (Å²) >= 11 is 8.54. The first-order chi connectivity index (χ1) is 6.09. The number of rotatable bonds is 2. The van der Waals surface area contributed by atoms with Crippen molar-refractivity contribution in [3.63, 3.8) is 0 Å². The van der Waals surface area contributed by atoms with Gasteiger partial charge in [0.2, 0.25) is 0 Å². The van der Waals surface area contributed by atoms with Crippen LogP contribution < -0.4 is 5.32 Å². The quantitative estimate of drug-likeness (QED) is 0.343. The van der Waals surface area contributed by atoms with Crippen LogP contribution in [-0.4, -0.2) is 9.24 Å². The summed E-state index contributed by atoms with van der Waals surface area (Å²) in [5, 5.41) is 13.0. The molecular formula is C7H6N2O2S2. The molecule has 0 amide bonds. The number of benzene rings is 1. The molecule has 1 rings (SSSR count). The molecule has 0 aliphatic heterocycles. The van der Waals surface area contributed by atoms with Crippen LogP contribution in [0.5, 0.6) is 0 Å². The smallest absolute Gasteiger partial charge is 0.269 e. The van der Waals surface area contributed by atoms with E-state index in [1.807, 2.05) is 0 Å². The second-order valence-electron chi connectivity index (χ2n) is 2.23. The topological polar surface area (TPSA) is 55.2 Å². The fourth-order valence-corrected chi connectivity index (χ4v) is 1.04. The third-order valence-electron chi connectivity index (χ3n) is 1.33. The Morgan fingerprint density at radius 3 is 2.38 bits per heavy atom. The van der Waals surface area contributed by atoms with Crippen molar-refractivity contribution in [1.29, 1.82) is 0 Å². The lowest BCUT2D eigenvalue weighted by Gasteiger charge is -2.01. The zero-order valence-electron chi connectivity index (χ0n) is 6.43. The molecule has 0 saturated carbocycles. The number of nitro benzene ring substituents is 1. The standard InChI is InChI=1S/C7H6N2O2S2/c10-9(11)6-3-1-5(2-4-6)8-7(12)13/h1-4H,(H2,8,12,13). The summed E-state index contributed by atoms with van der Waals surface area (Å²) in [7, 11) is 0. The molecule has 0 fully saturated rings. The minimum absolute atomic E-state index is 0.0515. The van der Waals surface area contributed by atoms with Gasteiger partial charge in [0.15, 0.2) is 0 Å². The van der Waals surface area contributed by atoms with E-state index >= 15 is 0 Å². The summed E-state index contributed by atoms with van der Waals surface area (Å²) in [6.07, 6.45) is 0. The van der Waals surface area contributed by atoms with E-state index in [2.05, 4.69) is 30.2 Å². The van der Waals surface area contributed by atoms with Gasteiger partial charge in [-0.1, -0.05) is 12.2 Å². The summed E-state index contributed by atoms with van der Waals surface area (Å²) < 4.78 is 0.328. The lowest BCUT2D eigenvalue weighted by atomic mass is 10.3. The molecule has 0 aliphatic carbocycles. The Morgan fingerprint density at radius 2 is 2.00 bits per heavy atom. The van der Waals surface area contributed by atoms with E-state index in [9.17, 15) is 10.1 Å². The summed E-state index contributed by atoms with van der Waals surface area (Å²) in [5.41, 5.74) is 0.737. The molecule has 0 bridgehead atoms. The second-order valence-corrected chi connectivity index (χ2v) is 3.39. The predicted octanol–water partition coefficient (Wildman–Crippen LogP) is 2.22. The van der Waals surface area contributed by atoms with Gasteiger partial charge in [-0.25, -0.2) is 0 Å². The molecule has 6 heteroatoms. The Bertz CT molecular complexity index is 337. The molecule has 13 heavy (non-hydrogen) atoms. The van der Waals surface area contributed by atoms with Gasteiger partial charge >= 0.3 is 0 Å². The van der Waals surface area contributed by atoms with Gasteiger partial charge in [0.05, 0.1) is 4.92 Å². The first-order valence-electron chi connectivity index (χ1n) is 3.34. The van der Waals surface area contributed by atoms with Crippen molar-refractivity contribution in [1.82, 2.24) is 0 Å². The lowest BCUT2D eigenvalue weighted by molar-refractivity contribution is -0.384. The Labute approximate surface area is 85.5 Å². The van der Waals surface area contributed by atoms with Crippen molar-refractivity contribution >= 4 is 40.5 Å². The molecule has 1 aromatic carbocycles. The van der Waals surface area contributed by atoms with Crippen molar-refractivity contribution in [3.8, 4) is 0 Å². The van der Waals surface area contributed by atoms with Crippen LogP contribution in [0, 0.1) is 10.1 Å². The molecule has 0 spiro atoms. The van der Waals surface area contributed by atoms with Crippen molar-refractivity contribution in [2.45, 2.75) is 0 Å². The molecule has 4 nitrogen and oxygen atoms in total. The first-order valence-corrected chi connectivity index (χ1v) is 4.19. The van der Waals surface area contributed by atoms with E-state index in [1.165, 1.54) is 12.1 Å². The molecule has 0 atom stereocenters. The molecule has 0 radical (unpaired) electrons. The monoisotopic (exact) mass is 214 g/mol. The van der Waals surface area contributed by atoms with E-state index in [0.717, 1.165) is 0 Å². The number of thiocarbonyl (C=S) groups is 1. The minimum atomic E-state index is -0.456. The highest BCUT2D eigenvalue weighted by Crippen LogP contribution is 2.15. The van der Waals surface area contributed by atoms with Crippen molar-refractivity contribution in [3.05, 3.63) is 34.4 Å². The van der Waals surface area contributed by atoms with Crippen LogP contribution in [0.15, 0.2) is 24.3 Å². The van der Waals surface area contributed by atoms with Crippen LogP contribution in [0.1, 0.15) is 0 Å². The Kier molecular flexibility index (Phi) is 3.21. The van der Waals surface area contributed by atoms with Crippen LogP contribution in [0.3, 0.4) is 0 Å². The van der Waals surface area contributed by atoms with Crippen molar-refractivity contribution in [2.24, 2.45) is 0 Å². The van der Waals surface area contributed by atoms with Gasteiger partial charge in [0.1, 0.15) is 4.32 Å². The lowest BCUT2D eigenvalue weighted by Crippen LogP contribution is -2.00. The van der Waals surface area contributed by atoms with E-state index in [-0.39, 0.29) is 5.69 Å². The summed E-state index contributed by atoms with van der Waals surface area (Å²) in [6, 6.07) is 5.93. The fraction of sp³-hybridized carbons (Fsp3) is 0. The molecule has 0 aromatic heterocycles. The number of hydrogen-bond donors (Lipinski definition) is 2. The van der Waals surface area contributed by atoms with E-state index in [4.69, 9.17) is 0 Å². The molecule has 1 N–H and O–H groups in total. The average Bonchev–Trinajstić information content (AvgIpc) is 2.04. The van der Waals surface area contributed by atoms with Crippen LogP contribution >= 0.6 is 24.8 Å². The van der Waals surface area contributed by atoms with Gasteiger partial charge in [-0.2, -0.15) is 0 Å². The average molecular weight is 214 g/mol. The first kappa shape index (κ1) is 9.94. The Hall–Kier alpha value is -1.14. The number of nitrogens with one attached hydrogen (secondary N) is 1. The van der Waals surface area contributed by atoms with Gasteiger partial charge in [0.25, 0.3) is 5.69 Å². The normalized spacial score (nSPS) is 9.31. The number of nitro groups is 1. The fourth-order valence-electron chi connectivity index (χ4n) is 0.790. The van der Waals surface area contributed by atoms with Crippen molar-refractivity contribution in [2.75, 3.05) is 5.32 Å². The van der Waals surface area contributed by atoms with Gasteiger partial charge in [-0.3, -0.25) is 10.1 Å². The van der Waals surface area contributed by atoms with E-state index in [1.54, 1.807) is 12.1 Å². The largest absolute Gasteiger partial charge is 0.341 e. The maximum absolute atomic E-state index is 10.3. The predicted molar refractivity (Wildman–Crippen MR) is 58.3 cm³/mol. The molecular weight excluding hydrogens is 208 g/mol. The zero-order valence-corrected chi connectivity index (χ0v) is 8.14. The van der Waals surface area contributed by atoms with Gasteiger partial charge in [-0.15, -0.1) is 12.6 Å². The SMILES string of the molecule is O=[N+]([O-])c1ccc(NC(=S)S)cc1. The molecule has 0 unspecified atom stereocenters. The van der Waals surface area contributed by atoms with Crippen LogP contribution in [0.25, 0.3) is 0 Å². The number of thiol groups is 1. The second kappa shape index (κ2) is 4.20. The van der Waals surface area contributed by atoms with Gasteiger partial charge < -0.3 is 5.32 Å². The van der Waals surface area contributed by atoms with Crippen molar-refractivity contribution < 1.29 is 4.92 Å². The van der Waals surface area contributed by atoms with E-state index < -0.39 is 4.92 Å². The summed E-state index contributed by atoms with van der Waals surface area (Å²) in [4.78, 5) is 9.82. The van der Waals surface area contributed by atoms with Crippen LogP contribution in [0.4, 0.5) is 11.4 Å². The highest BCUT2D eigenvalue weighted by atomic mass is 32.1. The van der Waals surface area contributed by atoms with Gasteiger partial charge in [-0.05, 0) is 12.1 Å². The molecule has 1 aromatic rings. The Morgan fingerprint density at radius 1 is 1.46 bits per heavy atom. The number of hydrogen-bond acceptors (Lipinski definition) is 3. The maximum Gasteiger partial charge on any atom is 0.269 e. The molecule has 0 aliphatic rings. The number of nitrogens with zero attached hydrogens (tertiary/aromatic N) is 1. The Balaban J connectivity index is 2.81. The zero-order chi connectivity index (χ0) is 9.84. The summed E-state index contributed by atoms with van der Waals surface area (Å²) in [5.74, 6) is 0. The molecule has 0 heterocycles. The van der Waals surface area contributed by atoms with Gasteiger partial charge in [0, 0.05) is 17.8 Å². The third-order valence-corrected chi connectivity index (χ3v) is 1.54. The third kappa shape index (κ3) is 3.00. The van der Waals surface area contributed by atoms with Crippen LogP contribution in [0.2, 0.25) is 0 Å². The number of anilines is 1. The molecule has 68 valence electrons. The highest BCUT2D eigenvalue weighted by molar-refractivity contribution is 8.11. The van der Waals surface area contributed by atoms with Crippen LogP contribution in [-0.2, 0) is 0 Å².